The Hall–Kier alpha value is -3.07. The van der Waals surface area contributed by atoms with E-state index in [-0.39, 0.29) is 23.9 Å². The summed E-state index contributed by atoms with van der Waals surface area (Å²) in [5.74, 6) is 0.532. The summed E-state index contributed by atoms with van der Waals surface area (Å²) in [5, 5.41) is 5.75. The highest BCUT2D eigenvalue weighted by Crippen LogP contribution is 2.10. The summed E-state index contributed by atoms with van der Waals surface area (Å²) in [6, 6.07) is 7.01. The van der Waals surface area contributed by atoms with E-state index < -0.39 is 0 Å². The number of carbonyl (C=O) groups is 2. The van der Waals surface area contributed by atoms with Crippen molar-refractivity contribution in [2.75, 3.05) is 24.4 Å². The molecule has 0 saturated heterocycles. The normalized spacial score (nSPS) is 11.6. The van der Waals surface area contributed by atoms with Crippen molar-refractivity contribution in [2.24, 2.45) is 0 Å². The van der Waals surface area contributed by atoms with Gasteiger partial charge in [0.2, 0.25) is 17.8 Å². The van der Waals surface area contributed by atoms with Crippen molar-refractivity contribution in [3.05, 3.63) is 41.2 Å². The van der Waals surface area contributed by atoms with Gasteiger partial charge in [-0.3, -0.25) is 10.1 Å². The van der Waals surface area contributed by atoms with E-state index in [0.29, 0.717) is 37.0 Å². The zero-order chi connectivity index (χ0) is 20.5. The van der Waals surface area contributed by atoms with Gasteiger partial charge in [-0.2, -0.15) is 15.0 Å². The van der Waals surface area contributed by atoms with Crippen LogP contribution in [-0.2, 0) is 20.9 Å². The fourth-order valence-corrected chi connectivity index (χ4v) is 2.34. The quantitative estimate of drug-likeness (QED) is 0.630. The molecule has 28 heavy (non-hydrogen) atoms. The number of nitrogens with zero attached hydrogens (tertiary/aromatic N) is 3. The molecule has 0 bridgehead atoms. The molecule has 0 saturated carbocycles. The Morgan fingerprint density at radius 2 is 1.93 bits per heavy atom. The summed E-state index contributed by atoms with van der Waals surface area (Å²) in [4.78, 5) is 35.6. The van der Waals surface area contributed by atoms with Crippen molar-refractivity contribution in [1.82, 2.24) is 15.0 Å². The first-order chi connectivity index (χ1) is 13.4. The van der Waals surface area contributed by atoms with Gasteiger partial charge < -0.3 is 14.8 Å². The average molecular weight is 387 g/mol. The lowest BCUT2D eigenvalue weighted by Crippen LogP contribution is -2.24. The summed E-state index contributed by atoms with van der Waals surface area (Å²) in [6.07, 6.45) is 0.342. The second kappa shape index (κ2) is 10.3. The van der Waals surface area contributed by atoms with Crippen LogP contribution in [0.4, 0.5) is 11.9 Å². The summed E-state index contributed by atoms with van der Waals surface area (Å²) in [5.41, 5.74) is 1.35. The molecule has 1 heterocycles. The van der Waals surface area contributed by atoms with Gasteiger partial charge in [-0.15, -0.1) is 0 Å². The highest BCUT2D eigenvalue weighted by Gasteiger charge is 2.10. The van der Waals surface area contributed by atoms with Crippen molar-refractivity contribution in [3.8, 4) is 0 Å². The van der Waals surface area contributed by atoms with Crippen molar-refractivity contribution in [1.29, 1.82) is 0 Å². The van der Waals surface area contributed by atoms with Crippen LogP contribution in [0.15, 0.2) is 24.3 Å². The number of rotatable bonds is 9. The van der Waals surface area contributed by atoms with Crippen LogP contribution in [0.3, 0.4) is 0 Å². The Morgan fingerprint density at radius 1 is 1.18 bits per heavy atom. The van der Waals surface area contributed by atoms with Gasteiger partial charge in [-0.25, -0.2) is 4.79 Å². The Balaban J connectivity index is 1.88. The molecular formula is C19H25N5O4. The Kier molecular flexibility index (Phi) is 7.82. The molecule has 9 nitrogen and oxygen atoms in total. The molecule has 1 atom stereocenters. The van der Waals surface area contributed by atoms with Crippen LogP contribution in [-0.4, -0.2) is 46.6 Å². The number of amides is 1. The summed E-state index contributed by atoms with van der Waals surface area (Å²) in [6.45, 7) is 6.15. The molecule has 150 valence electrons. The number of hydrogen-bond donors (Lipinski definition) is 2. The zero-order valence-corrected chi connectivity index (χ0v) is 16.5. The van der Waals surface area contributed by atoms with E-state index in [4.69, 9.17) is 9.47 Å². The zero-order valence-electron chi connectivity index (χ0n) is 16.5. The molecule has 9 heteroatoms. The number of nitrogens with one attached hydrogen (secondary N) is 2. The van der Waals surface area contributed by atoms with E-state index in [1.165, 1.54) is 7.11 Å². The minimum atomic E-state index is -0.381. The minimum Gasteiger partial charge on any atom is -0.465 e. The van der Waals surface area contributed by atoms with Gasteiger partial charge >= 0.3 is 5.97 Å². The maximum atomic E-state index is 11.6. The molecule has 0 aliphatic carbocycles. The largest absolute Gasteiger partial charge is 0.465 e. The summed E-state index contributed by atoms with van der Waals surface area (Å²) < 4.78 is 10.4. The number of ether oxygens (including phenoxy) is 2. The van der Waals surface area contributed by atoms with Crippen LogP contribution in [0, 0.1) is 6.92 Å². The van der Waals surface area contributed by atoms with E-state index in [2.05, 4.69) is 25.6 Å². The van der Waals surface area contributed by atoms with Gasteiger partial charge in [0.1, 0.15) is 5.82 Å². The van der Waals surface area contributed by atoms with Crippen molar-refractivity contribution in [3.63, 3.8) is 0 Å². The van der Waals surface area contributed by atoms with Gasteiger partial charge in [-0.05, 0) is 31.5 Å². The third kappa shape index (κ3) is 6.58. The van der Waals surface area contributed by atoms with Crippen molar-refractivity contribution < 1.29 is 19.1 Å². The second-order valence-corrected chi connectivity index (χ2v) is 6.18. The first-order valence-electron chi connectivity index (χ1n) is 8.95. The Bertz CT molecular complexity index is 828. The number of aromatic nitrogens is 3. The molecule has 1 unspecified atom stereocenters. The predicted octanol–water partition coefficient (Wildman–Crippen LogP) is 2.33. The molecule has 0 fully saturated rings. The molecule has 1 amide bonds. The maximum absolute atomic E-state index is 11.6. The first-order valence-corrected chi connectivity index (χ1v) is 8.95. The van der Waals surface area contributed by atoms with Crippen LogP contribution in [0.2, 0.25) is 0 Å². The third-order valence-corrected chi connectivity index (χ3v) is 3.68. The van der Waals surface area contributed by atoms with E-state index >= 15 is 0 Å². The number of aryl methyl sites for hydroxylation is 1. The number of methoxy groups -OCH3 is 1. The molecule has 0 aliphatic heterocycles. The highest BCUT2D eigenvalue weighted by atomic mass is 16.5. The first kappa shape index (κ1) is 21.2. The molecule has 1 aromatic heterocycles. The van der Waals surface area contributed by atoms with E-state index in [9.17, 15) is 9.59 Å². The van der Waals surface area contributed by atoms with Gasteiger partial charge in [0.05, 0.1) is 25.9 Å². The van der Waals surface area contributed by atoms with Crippen LogP contribution in [0.5, 0.6) is 0 Å². The molecule has 0 radical (unpaired) electrons. The highest BCUT2D eigenvalue weighted by molar-refractivity contribution is 5.89. The van der Waals surface area contributed by atoms with Crippen molar-refractivity contribution in [2.45, 2.75) is 39.8 Å². The standard InChI is InChI=1S/C19H25N5O4/c1-5-16(25)23-19-22-13(3)21-18(24-19)20-12(2)10-28-11-14-7-6-8-15(9-14)17(26)27-4/h6-9,12H,5,10-11H2,1-4H3,(H2,20,21,22,23,24,25). The fraction of sp³-hybridized carbons (Fsp3) is 0.421. The topological polar surface area (TPSA) is 115 Å². The van der Waals surface area contributed by atoms with Gasteiger partial charge in [0.25, 0.3) is 0 Å². The Morgan fingerprint density at radius 3 is 2.64 bits per heavy atom. The Labute approximate surface area is 163 Å². The average Bonchev–Trinajstić information content (AvgIpc) is 2.67. The smallest absolute Gasteiger partial charge is 0.337 e. The SMILES string of the molecule is CCC(=O)Nc1nc(C)nc(NC(C)COCc2cccc(C(=O)OC)c2)n1. The molecule has 0 aliphatic rings. The van der Waals surface area contributed by atoms with E-state index in [1.807, 2.05) is 13.0 Å². The number of esters is 1. The van der Waals surface area contributed by atoms with Crippen molar-refractivity contribution >= 4 is 23.8 Å². The van der Waals surface area contributed by atoms with Gasteiger partial charge in [-0.1, -0.05) is 19.1 Å². The lowest BCUT2D eigenvalue weighted by molar-refractivity contribution is -0.115. The minimum absolute atomic E-state index is 0.0830. The lowest BCUT2D eigenvalue weighted by atomic mass is 10.1. The van der Waals surface area contributed by atoms with E-state index in [0.717, 1.165) is 5.56 Å². The van der Waals surface area contributed by atoms with E-state index in [1.54, 1.807) is 32.0 Å². The molecule has 1 aromatic carbocycles. The van der Waals surface area contributed by atoms with Gasteiger partial charge in [0.15, 0.2) is 0 Å². The van der Waals surface area contributed by atoms with Gasteiger partial charge in [0, 0.05) is 12.5 Å². The maximum Gasteiger partial charge on any atom is 0.337 e. The molecule has 2 rings (SSSR count). The van der Waals surface area contributed by atoms with Crippen LogP contribution < -0.4 is 10.6 Å². The number of carbonyl (C=O) groups excluding carboxylic acids is 2. The monoisotopic (exact) mass is 387 g/mol. The van der Waals surface area contributed by atoms with Crippen LogP contribution >= 0.6 is 0 Å². The molecule has 2 N–H and O–H groups in total. The fourth-order valence-electron chi connectivity index (χ4n) is 2.34. The molecular weight excluding hydrogens is 362 g/mol. The third-order valence-electron chi connectivity index (χ3n) is 3.68. The molecule has 0 spiro atoms. The number of hydrogen-bond acceptors (Lipinski definition) is 8. The molecule has 2 aromatic rings. The second-order valence-electron chi connectivity index (χ2n) is 6.18. The lowest BCUT2D eigenvalue weighted by Gasteiger charge is -2.15. The van der Waals surface area contributed by atoms with Crippen LogP contribution in [0.1, 0.15) is 42.0 Å². The summed E-state index contributed by atoms with van der Waals surface area (Å²) in [7, 11) is 1.35. The number of benzene rings is 1. The predicted molar refractivity (Wildman–Crippen MR) is 104 cm³/mol. The van der Waals surface area contributed by atoms with Crippen LogP contribution in [0.25, 0.3) is 0 Å². The number of anilines is 2. The summed E-state index contributed by atoms with van der Waals surface area (Å²) >= 11 is 0.